The molecule has 1 amide bonds. The summed E-state index contributed by atoms with van der Waals surface area (Å²) in [5.41, 5.74) is 5.58. The van der Waals surface area contributed by atoms with E-state index >= 15 is 0 Å². The molecule has 1 aliphatic heterocycles. The van der Waals surface area contributed by atoms with E-state index in [1.165, 1.54) is 16.5 Å². The van der Waals surface area contributed by atoms with Crippen LogP contribution in [0.2, 0.25) is 0 Å². The number of likely N-dealkylation sites (tertiary alicyclic amines) is 1. The summed E-state index contributed by atoms with van der Waals surface area (Å²) in [5, 5.41) is 5.80. The minimum atomic E-state index is 0.123. The van der Waals surface area contributed by atoms with Crippen LogP contribution in [0.3, 0.4) is 0 Å². The number of fused-ring (bicyclic) bond motifs is 3. The third kappa shape index (κ3) is 3.55. The molecule has 166 valence electrons. The number of piperidine rings is 1. The number of pyridine rings is 1. The number of nitrogens with zero attached hydrogens (tertiary/aromatic N) is 5. The first-order chi connectivity index (χ1) is 16.2. The van der Waals surface area contributed by atoms with Gasteiger partial charge in [0.05, 0.1) is 22.9 Å². The third-order valence-electron chi connectivity index (χ3n) is 7.10. The summed E-state index contributed by atoms with van der Waals surface area (Å²) in [6.45, 7) is 4.08. The smallest absolute Gasteiger partial charge is 0.244 e. The summed E-state index contributed by atoms with van der Waals surface area (Å²) in [5.74, 6) is 0.617. The SMILES string of the molecule is C[C@@H]1CCN(C(=O)Cn2ccc(-c3ccccc3)n2)C[C@@H]1n1ccc2cnc3c(c21)C=CC3. The van der Waals surface area contributed by atoms with Crippen LogP contribution in [-0.2, 0) is 17.8 Å². The molecule has 1 aromatic carbocycles. The van der Waals surface area contributed by atoms with E-state index in [0.717, 1.165) is 42.9 Å². The van der Waals surface area contributed by atoms with Crippen LogP contribution in [-0.4, -0.2) is 43.2 Å². The van der Waals surface area contributed by atoms with Crippen molar-refractivity contribution in [2.45, 2.75) is 32.4 Å². The summed E-state index contributed by atoms with van der Waals surface area (Å²) < 4.78 is 4.14. The number of aromatic nitrogens is 4. The Morgan fingerprint density at radius 2 is 2.00 bits per heavy atom. The van der Waals surface area contributed by atoms with Crippen LogP contribution in [0.15, 0.2) is 67.1 Å². The molecule has 6 rings (SSSR count). The lowest BCUT2D eigenvalue weighted by atomic mass is 9.92. The van der Waals surface area contributed by atoms with Gasteiger partial charge in [0, 0.05) is 54.6 Å². The predicted molar refractivity (Wildman–Crippen MR) is 130 cm³/mol. The lowest BCUT2D eigenvalue weighted by Gasteiger charge is -2.38. The van der Waals surface area contributed by atoms with Crippen molar-refractivity contribution in [1.82, 2.24) is 24.2 Å². The van der Waals surface area contributed by atoms with Crippen LogP contribution in [0.1, 0.15) is 30.6 Å². The average molecular weight is 438 g/mol. The fourth-order valence-corrected chi connectivity index (χ4v) is 5.21. The molecule has 3 aromatic heterocycles. The Labute approximate surface area is 193 Å². The highest BCUT2D eigenvalue weighted by Gasteiger charge is 2.31. The average Bonchev–Trinajstić information content (AvgIpc) is 3.59. The van der Waals surface area contributed by atoms with Crippen LogP contribution in [0.4, 0.5) is 0 Å². The van der Waals surface area contributed by atoms with Crippen LogP contribution in [0.5, 0.6) is 0 Å². The summed E-state index contributed by atoms with van der Waals surface area (Å²) in [6, 6.07) is 14.4. The van der Waals surface area contributed by atoms with Gasteiger partial charge in [-0.25, -0.2) is 0 Å². The molecule has 0 radical (unpaired) electrons. The molecule has 2 aliphatic rings. The number of rotatable bonds is 4. The maximum atomic E-state index is 13.2. The Balaban J connectivity index is 1.22. The highest BCUT2D eigenvalue weighted by atomic mass is 16.2. The zero-order valence-electron chi connectivity index (χ0n) is 18.8. The first kappa shape index (κ1) is 20.0. The van der Waals surface area contributed by atoms with Gasteiger partial charge in [-0.05, 0) is 24.5 Å². The first-order valence-electron chi connectivity index (χ1n) is 11.7. The van der Waals surface area contributed by atoms with Crippen LogP contribution < -0.4 is 0 Å². The van der Waals surface area contributed by atoms with Crippen molar-refractivity contribution in [3.8, 4) is 11.3 Å². The molecule has 6 heteroatoms. The molecule has 6 nitrogen and oxygen atoms in total. The Bertz CT molecular complexity index is 1350. The van der Waals surface area contributed by atoms with Gasteiger partial charge < -0.3 is 9.47 Å². The fraction of sp³-hybridized carbons (Fsp3) is 0.296. The second kappa shape index (κ2) is 8.03. The number of carbonyl (C=O) groups is 1. The van der Waals surface area contributed by atoms with Crippen LogP contribution in [0, 0.1) is 5.92 Å². The summed E-state index contributed by atoms with van der Waals surface area (Å²) in [6.07, 6.45) is 12.3. The van der Waals surface area contributed by atoms with Gasteiger partial charge in [0.2, 0.25) is 5.91 Å². The molecule has 4 aromatic rings. The quantitative estimate of drug-likeness (QED) is 0.470. The largest absolute Gasteiger partial charge is 0.342 e. The van der Waals surface area contributed by atoms with Crippen LogP contribution >= 0.6 is 0 Å². The molecule has 1 fully saturated rings. The highest BCUT2D eigenvalue weighted by molar-refractivity contribution is 5.90. The van der Waals surface area contributed by atoms with Gasteiger partial charge >= 0.3 is 0 Å². The molecule has 4 heterocycles. The minimum Gasteiger partial charge on any atom is -0.342 e. The molecule has 0 spiro atoms. The minimum absolute atomic E-state index is 0.123. The summed E-state index contributed by atoms with van der Waals surface area (Å²) >= 11 is 0. The number of allylic oxidation sites excluding steroid dienone is 1. The molecule has 0 unspecified atom stereocenters. The Hall–Kier alpha value is -3.67. The molecule has 2 atom stereocenters. The maximum Gasteiger partial charge on any atom is 0.244 e. The molecule has 0 bridgehead atoms. The summed E-state index contributed by atoms with van der Waals surface area (Å²) in [7, 11) is 0. The topological polar surface area (TPSA) is 56.0 Å². The van der Waals surface area contributed by atoms with Gasteiger partial charge in [-0.2, -0.15) is 5.10 Å². The van der Waals surface area contributed by atoms with E-state index in [-0.39, 0.29) is 18.5 Å². The Kier molecular flexibility index (Phi) is 4.86. The van der Waals surface area contributed by atoms with E-state index in [9.17, 15) is 4.79 Å². The van der Waals surface area contributed by atoms with E-state index < -0.39 is 0 Å². The lowest BCUT2D eigenvalue weighted by molar-refractivity contribution is -0.134. The van der Waals surface area contributed by atoms with Crippen molar-refractivity contribution >= 4 is 22.9 Å². The number of amides is 1. The van der Waals surface area contributed by atoms with Gasteiger partial charge in [0.25, 0.3) is 0 Å². The number of carbonyl (C=O) groups excluding carboxylic acids is 1. The van der Waals surface area contributed by atoms with Crippen molar-refractivity contribution in [2.75, 3.05) is 13.1 Å². The molecule has 1 saturated heterocycles. The van der Waals surface area contributed by atoms with Gasteiger partial charge in [-0.3, -0.25) is 14.5 Å². The molecule has 1 aliphatic carbocycles. The second-order valence-electron chi connectivity index (χ2n) is 9.19. The molecule has 0 saturated carbocycles. The third-order valence-corrected chi connectivity index (χ3v) is 7.10. The lowest BCUT2D eigenvalue weighted by Crippen LogP contribution is -2.45. The monoisotopic (exact) mass is 437 g/mol. The van der Waals surface area contributed by atoms with Gasteiger partial charge in [-0.1, -0.05) is 49.4 Å². The predicted octanol–water partition coefficient (Wildman–Crippen LogP) is 4.58. The number of benzene rings is 1. The van der Waals surface area contributed by atoms with Gasteiger partial charge in [0.1, 0.15) is 6.54 Å². The van der Waals surface area contributed by atoms with Crippen molar-refractivity contribution in [3.05, 3.63) is 78.4 Å². The molecular formula is C27H27N5O. The fourth-order valence-electron chi connectivity index (χ4n) is 5.21. The normalized spacial score (nSPS) is 19.8. The van der Waals surface area contributed by atoms with Crippen molar-refractivity contribution < 1.29 is 4.79 Å². The van der Waals surface area contributed by atoms with Crippen molar-refractivity contribution in [3.63, 3.8) is 0 Å². The maximum absolute atomic E-state index is 13.2. The summed E-state index contributed by atoms with van der Waals surface area (Å²) in [4.78, 5) is 19.9. The molecule has 0 N–H and O–H groups in total. The van der Waals surface area contributed by atoms with Crippen molar-refractivity contribution in [1.29, 1.82) is 0 Å². The zero-order valence-corrected chi connectivity index (χ0v) is 18.8. The van der Waals surface area contributed by atoms with E-state index in [1.54, 1.807) is 4.68 Å². The van der Waals surface area contributed by atoms with E-state index in [1.807, 2.05) is 53.7 Å². The van der Waals surface area contributed by atoms with Crippen LogP contribution in [0.25, 0.3) is 28.2 Å². The standard InChI is InChI=1S/C27H27N5O/c1-19-10-13-30(26(33)18-31-14-12-23(29-31)20-6-3-2-4-7-20)17-25(19)32-15-11-21-16-28-24-9-5-8-22(24)27(21)32/h2-8,11-12,14-16,19,25H,9-10,13,17-18H2,1H3/t19-,25+/m1/s1. The van der Waals surface area contributed by atoms with E-state index in [4.69, 9.17) is 0 Å². The van der Waals surface area contributed by atoms with Gasteiger partial charge in [0.15, 0.2) is 0 Å². The zero-order chi connectivity index (χ0) is 22.4. The molecular weight excluding hydrogens is 410 g/mol. The van der Waals surface area contributed by atoms with Crippen molar-refractivity contribution in [2.24, 2.45) is 5.92 Å². The second-order valence-corrected chi connectivity index (χ2v) is 9.19. The number of hydrogen-bond acceptors (Lipinski definition) is 3. The van der Waals surface area contributed by atoms with E-state index in [0.29, 0.717) is 5.92 Å². The molecule has 33 heavy (non-hydrogen) atoms. The Morgan fingerprint density at radius 3 is 2.88 bits per heavy atom. The number of hydrogen-bond donors (Lipinski definition) is 0. The Morgan fingerprint density at radius 1 is 1.12 bits per heavy atom. The van der Waals surface area contributed by atoms with E-state index in [2.05, 4.69) is 46.0 Å². The first-order valence-corrected chi connectivity index (χ1v) is 11.7. The highest BCUT2D eigenvalue weighted by Crippen LogP contribution is 2.35. The van der Waals surface area contributed by atoms with Gasteiger partial charge in [-0.15, -0.1) is 0 Å².